The molecule has 2 heterocycles. The molecule has 1 amide bonds. The summed E-state index contributed by atoms with van der Waals surface area (Å²) in [7, 11) is 1.58. The van der Waals surface area contributed by atoms with Crippen LogP contribution in [0.4, 0.5) is 11.4 Å². The number of aliphatic hydroxyl groups is 1. The van der Waals surface area contributed by atoms with Crippen LogP contribution in [0.1, 0.15) is 28.8 Å². The van der Waals surface area contributed by atoms with Crippen molar-refractivity contribution < 1.29 is 9.90 Å². The first-order valence-electron chi connectivity index (χ1n) is 8.44. The summed E-state index contributed by atoms with van der Waals surface area (Å²) in [5.74, 6) is -0.514. The fourth-order valence-corrected chi connectivity index (χ4v) is 3.05. The van der Waals surface area contributed by atoms with Crippen LogP contribution < -0.4 is 15.8 Å². The first-order chi connectivity index (χ1) is 12.5. The quantitative estimate of drug-likeness (QED) is 0.872. The molecule has 0 atom stereocenters. The summed E-state index contributed by atoms with van der Waals surface area (Å²) in [6.07, 6.45) is 2.56. The molecule has 1 saturated heterocycles. The largest absolute Gasteiger partial charge is 0.393 e. The van der Waals surface area contributed by atoms with Crippen LogP contribution in [0, 0.1) is 11.3 Å². The molecule has 0 spiro atoms. The minimum absolute atomic E-state index is 0.0392. The zero-order valence-corrected chi connectivity index (χ0v) is 14.5. The number of hydrogen-bond acceptors (Lipinski definition) is 5. The van der Waals surface area contributed by atoms with E-state index in [0.29, 0.717) is 37.2 Å². The zero-order chi connectivity index (χ0) is 18.7. The van der Waals surface area contributed by atoms with Gasteiger partial charge in [-0.15, -0.1) is 0 Å². The van der Waals surface area contributed by atoms with E-state index in [0.717, 1.165) is 5.69 Å². The molecule has 134 valence electrons. The molecule has 0 aliphatic carbocycles. The van der Waals surface area contributed by atoms with Crippen LogP contribution in [0.3, 0.4) is 0 Å². The molecule has 0 bridgehead atoms. The predicted octanol–water partition coefficient (Wildman–Crippen LogP) is 1.47. The van der Waals surface area contributed by atoms with E-state index in [1.54, 1.807) is 37.5 Å². The molecule has 1 aromatic heterocycles. The summed E-state index contributed by atoms with van der Waals surface area (Å²) in [6.45, 7) is 1.31. The lowest BCUT2D eigenvalue weighted by molar-refractivity contribution is 0.102. The Hall–Kier alpha value is -3.11. The summed E-state index contributed by atoms with van der Waals surface area (Å²) in [5, 5.41) is 21.6. The van der Waals surface area contributed by atoms with E-state index in [9.17, 15) is 14.7 Å². The van der Waals surface area contributed by atoms with E-state index in [4.69, 9.17) is 5.26 Å². The molecule has 2 aromatic rings. The van der Waals surface area contributed by atoms with Gasteiger partial charge in [-0.3, -0.25) is 9.59 Å². The Labute approximate surface area is 151 Å². The van der Waals surface area contributed by atoms with Crippen molar-refractivity contribution in [1.82, 2.24) is 4.57 Å². The Morgan fingerprint density at radius 2 is 2.04 bits per heavy atom. The molecule has 3 rings (SSSR count). The molecule has 1 aliphatic heterocycles. The maximum Gasteiger partial charge on any atom is 0.263 e. The van der Waals surface area contributed by atoms with Gasteiger partial charge in [0.1, 0.15) is 5.56 Å². The third-order valence-corrected chi connectivity index (χ3v) is 4.55. The van der Waals surface area contributed by atoms with Gasteiger partial charge in [0.25, 0.3) is 11.5 Å². The molecule has 7 nitrogen and oxygen atoms in total. The second-order valence-electron chi connectivity index (χ2n) is 6.35. The maximum atomic E-state index is 12.6. The molecule has 1 aromatic carbocycles. The molecule has 7 heteroatoms. The smallest absolute Gasteiger partial charge is 0.263 e. The van der Waals surface area contributed by atoms with Crippen LogP contribution in [0.2, 0.25) is 0 Å². The number of nitriles is 1. The van der Waals surface area contributed by atoms with E-state index >= 15 is 0 Å². The lowest BCUT2D eigenvalue weighted by atomic mass is 10.1. The van der Waals surface area contributed by atoms with Gasteiger partial charge < -0.3 is 19.9 Å². The molecule has 0 radical (unpaired) electrons. The van der Waals surface area contributed by atoms with E-state index < -0.39 is 5.91 Å². The fraction of sp³-hybridized carbons (Fsp3) is 0.316. The number of piperidine rings is 1. The second kappa shape index (κ2) is 7.42. The maximum absolute atomic E-state index is 12.6. The number of nitrogens with zero attached hydrogens (tertiary/aromatic N) is 3. The predicted molar refractivity (Wildman–Crippen MR) is 98.2 cm³/mol. The number of carbonyl (C=O) groups is 1. The van der Waals surface area contributed by atoms with E-state index in [1.165, 1.54) is 10.6 Å². The summed E-state index contributed by atoms with van der Waals surface area (Å²) >= 11 is 0. The van der Waals surface area contributed by atoms with Crippen molar-refractivity contribution in [3.8, 4) is 6.07 Å². The van der Waals surface area contributed by atoms with Crippen molar-refractivity contribution >= 4 is 17.3 Å². The SMILES string of the molecule is Cn1cccc(C(=O)Nc2cc(C#N)ccc2N2CCC(O)CC2)c1=O. The van der Waals surface area contributed by atoms with Crippen LogP contribution in [-0.4, -0.2) is 34.8 Å². The highest BCUT2D eigenvalue weighted by Gasteiger charge is 2.21. The van der Waals surface area contributed by atoms with Gasteiger partial charge in [-0.25, -0.2) is 0 Å². The Morgan fingerprint density at radius 3 is 2.73 bits per heavy atom. The average molecular weight is 352 g/mol. The molecule has 2 N–H and O–H groups in total. The number of anilines is 2. The summed E-state index contributed by atoms with van der Waals surface area (Å²) in [6, 6.07) is 10.3. The van der Waals surface area contributed by atoms with Gasteiger partial charge >= 0.3 is 0 Å². The first-order valence-corrected chi connectivity index (χ1v) is 8.44. The number of aliphatic hydroxyl groups excluding tert-OH is 1. The Morgan fingerprint density at radius 1 is 1.31 bits per heavy atom. The Balaban J connectivity index is 1.93. The number of rotatable bonds is 3. The van der Waals surface area contributed by atoms with Crippen molar-refractivity contribution in [3.05, 3.63) is 58.0 Å². The summed E-state index contributed by atoms with van der Waals surface area (Å²) in [5.41, 5.74) is 1.33. The minimum Gasteiger partial charge on any atom is -0.393 e. The number of carbonyl (C=O) groups excluding carboxylic acids is 1. The Bertz CT molecular complexity index is 921. The van der Waals surface area contributed by atoms with Crippen LogP contribution in [0.15, 0.2) is 41.3 Å². The molecular weight excluding hydrogens is 332 g/mol. The number of nitrogens with one attached hydrogen (secondary N) is 1. The van der Waals surface area contributed by atoms with Gasteiger partial charge in [0.2, 0.25) is 0 Å². The molecule has 26 heavy (non-hydrogen) atoms. The van der Waals surface area contributed by atoms with Crippen LogP contribution in [0.5, 0.6) is 0 Å². The van der Waals surface area contributed by atoms with Crippen molar-refractivity contribution in [2.45, 2.75) is 18.9 Å². The van der Waals surface area contributed by atoms with Crippen molar-refractivity contribution in [2.75, 3.05) is 23.3 Å². The molecule has 0 unspecified atom stereocenters. The van der Waals surface area contributed by atoms with E-state index in [2.05, 4.69) is 16.3 Å². The van der Waals surface area contributed by atoms with Crippen LogP contribution >= 0.6 is 0 Å². The number of pyridine rings is 1. The minimum atomic E-state index is -0.514. The number of hydrogen-bond donors (Lipinski definition) is 2. The standard InChI is InChI=1S/C19H20N4O3/c1-22-8-2-3-15(19(22)26)18(25)21-16-11-13(12-20)4-5-17(16)23-9-6-14(24)7-10-23/h2-5,8,11,14,24H,6-7,9-10H2,1H3,(H,21,25). The number of amides is 1. The molecule has 1 fully saturated rings. The van der Waals surface area contributed by atoms with Gasteiger partial charge in [0.15, 0.2) is 0 Å². The van der Waals surface area contributed by atoms with Crippen LogP contribution in [0.25, 0.3) is 0 Å². The van der Waals surface area contributed by atoms with Gasteiger partial charge in [0, 0.05) is 26.3 Å². The number of aromatic nitrogens is 1. The van der Waals surface area contributed by atoms with Gasteiger partial charge in [-0.2, -0.15) is 5.26 Å². The number of benzene rings is 1. The average Bonchev–Trinajstić information content (AvgIpc) is 2.64. The number of aryl methyl sites for hydroxylation is 1. The Kier molecular flexibility index (Phi) is 5.05. The highest BCUT2D eigenvalue weighted by molar-refractivity contribution is 6.05. The second-order valence-corrected chi connectivity index (χ2v) is 6.35. The summed E-state index contributed by atoms with van der Waals surface area (Å²) in [4.78, 5) is 26.8. The highest BCUT2D eigenvalue weighted by atomic mass is 16.3. The third-order valence-electron chi connectivity index (χ3n) is 4.55. The van der Waals surface area contributed by atoms with Crippen molar-refractivity contribution in [1.29, 1.82) is 5.26 Å². The van der Waals surface area contributed by atoms with Gasteiger partial charge in [-0.05, 0) is 43.2 Å². The lowest BCUT2D eigenvalue weighted by Crippen LogP contribution is -2.36. The molecule has 1 aliphatic rings. The normalized spacial score (nSPS) is 14.7. The van der Waals surface area contributed by atoms with E-state index in [-0.39, 0.29) is 17.2 Å². The highest BCUT2D eigenvalue weighted by Crippen LogP contribution is 2.30. The molecule has 0 saturated carbocycles. The summed E-state index contributed by atoms with van der Waals surface area (Å²) < 4.78 is 1.34. The fourth-order valence-electron chi connectivity index (χ4n) is 3.05. The first kappa shape index (κ1) is 17.7. The lowest BCUT2D eigenvalue weighted by Gasteiger charge is -2.32. The third kappa shape index (κ3) is 3.60. The van der Waals surface area contributed by atoms with Crippen molar-refractivity contribution in [2.24, 2.45) is 7.05 Å². The monoisotopic (exact) mass is 352 g/mol. The van der Waals surface area contributed by atoms with Gasteiger partial charge in [-0.1, -0.05) is 0 Å². The van der Waals surface area contributed by atoms with Crippen LogP contribution in [-0.2, 0) is 7.05 Å². The van der Waals surface area contributed by atoms with E-state index in [1.807, 2.05) is 0 Å². The van der Waals surface area contributed by atoms with Gasteiger partial charge in [0.05, 0.1) is 29.1 Å². The van der Waals surface area contributed by atoms with Crippen molar-refractivity contribution in [3.63, 3.8) is 0 Å². The topological polar surface area (TPSA) is 98.4 Å². The molecular formula is C19H20N4O3. The zero-order valence-electron chi connectivity index (χ0n) is 14.5.